The maximum Gasteiger partial charge on any atom is 0.416 e. The number of nitrogens with zero attached hydrogens (tertiary/aromatic N) is 3. The number of carbonyl (C=O) groups excluding carboxylic acids is 2. The number of unbranched alkanes of at least 4 members (excludes halogenated alkanes) is 1. The minimum Gasteiger partial charge on any atom is -0.494 e. The largest absolute Gasteiger partial charge is 0.494 e. The summed E-state index contributed by atoms with van der Waals surface area (Å²) in [4.78, 5) is 25.7. The second-order valence-corrected chi connectivity index (χ2v) is 11.3. The highest BCUT2D eigenvalue weighted by molar-refractivity contribution is 7.99. The number of alkyl halides is 3. The second kappa shape index (κ2) is 14.6. The summed E-state index contributed by atoms with van der Waals surface area (Å²) in [6, 6.07) is 15.4. The molecule has 0 unspecified atom stereocenters. The number of hydrogen-bond acceptors (Lipinski definition) is 6. The van der Waals surface area contributed by atoms with Gasteiger partial charge in [-0.15, -0.1) is 10.2 Å². The molecule has 0 aliphatic carbocycles. The van der Waals surface area contributed by atoms with Crippen LogP contribution in [0.2, 0.25) is 5.02 Å². The highest BCUT2D eigenvalue weighted by Crippen LogP contribution is 2.34. The van der Waals surface area contributed by atoms with Gasteiger partial charge in [-0.2, -0.15) is 13.2 Å². The van der Waals surface area contributed by atoms with Crippen molar-refractivity contribution in [2.24, 2.45) is 0 Å². The number of aryl methyl sites for hydroxylation is 2. The van der Waals surface area contributed by atoms with Gasteiger partial charge in [-0.25, -0.2) is 0 Å². The Hall–Kier alpha value is -4.03. The van der Waals surface area contributed by atoms with Gasteiger partial charge in [0.2, 0.25) is 5.91 Å². The number of rotatable bonds is 12. The first kappa shape index (κ1) is 32.9. The lowest BCUT2D eigenvalue weighted by Crippen LogP contribution is -2.24. The highest BCUT2D eigenvalue weighted by Gasteiger charge is 2.31. The maximum atomic E-state index is 13.1. The minimum atomic E-state index is -4.58. The maximum absolute atomic E-state index is 13.1. The smallest absolute Gasteiger partial charge is 0.416 e. The summed E-state index contributed by atoms with van der Waals surface area (Å²) in [5.41, 5.74) is 2.02. The molecule has 2 N–H and O–H groups in total. The second-order valence-electron chi connectivity index (χ2n) is 9.96. The fraction of sp³-hybridized carbons (Fsp3) is 0.290. The molecule has 8 nitrogen and oxygen atoms in total. The van der Waals surface area contributed by atoms with Crippen molar-refractivity contribution in [1.82, 2.24) is 20.1 Å². The van der Waals surface area contributed by atoms with Gasteiger partial charge in [0.15, 0.2) is 11.0 Å². The molecule has 0 aliphatic rings. The first-order valence-electron chi connectivity index (χ1n) is 13.8. The zero-order valence-corrected chi connectivity index (χ0v) is 25.9. The predicted molar refractivity (Wildman–Crippen MR) is 165 cm³/mol. The van der Waals surface area contributed by atoms with Crippen molar-refractivity contribution < 1.29 is 27.5 Å². The predicted octanol–water partition coefficient (Wildman–Crippen LogP) is 7.40. The molecular weight excluding hydrogens is 615 g/mol. The number of amides is 2. The van der Waals surface area contributed by atoms with E-state index in [1.54, 1.807) is 28.8 Å². The molecule has 4 rings (SSSR count). The first-order chi connectivity index (χ1) is 21.0. The minimum absolute atomic E-state index is 0.0217. The Kier molecular flexibility index (Phi) is 10.9. The van der Waals surface area contributed by atoms with Crippen LogP contribution in [-0.4, -0.2) is 38.9 Å². The molecule has 0 bridgehead atoms. The van der Waals surface area contributed by atoms with Crippen LogP contribution in [0.4, 0.5) is 18.9 Å². The van der Waals surface area contributed by atoms with Crippen molar-refractivity contribution in [3.8, 4) is 11.4 Å². The number of anilines is 1. The molecule has 44 heavy (non-hydrogen) atoms. The fourth-order valence-corrected chi connectivity index (χ4v) is 5.05. The van der Waals surface area contributed by atoms with Gasteiger partial charge in [0.1, 0.15) is 5.75 Å². The third kappa shape index (κ3) is 8.54. The van der Waals surface area contributed by atoms with E-state index in [0.29, 0.717) is 28.9 Å². The molecule has 2 amide bonds. The summed E-state index contributed by atoms with van der Waals surface area (Å²) in [5, 5.41) is 14.2. The average Bonchev–Trinajstić information content (AvgIpc) is 3.39. The van der Waals surface area contributed by atoms with Gasteiger partial charge >= 0.3 is 6.18 Å². The van der Waals surface area contributed by atoms with Crippen molar-refractivity contribution >= 4 is 40.9 Å². The summed E-state index contributed by atoms with van der Waals surface area (Å²) in [7, 11) is 0. The SMILES string of the molecule is CCCCOc1ccc(C(=O)NCc2nnc(SCC(=O)Nc3cc(C(F)(F)F)ccc3Cl)n2-c2cc(C)ccc2C)cc1. The van der Waals surface area contributed by atoms with Crippen molar-refractivity contribution in [2.75, 3.05) is 17.7 Å². The Morgan fingerprint density at radius 3 is 2.48 bits per heavy atom. The number of nitrogens with one attached hydrogen (secondary N) is 2. The average molecular weight is 646 g/mol. The number of benzene rings is 3. The van der Waals surface area contributed by atoms with E-state index in [1.807, 2.05) is 32.0 Å². The molecule has 1 heterocycles. The monoisotopic (exact) mass is 645 g/mol. The van der Waals surface area contributed by atoms with Crippen molar-refractivity contribution in [1.29, 1.82) is 0 Å². The van der Waals surface area contributed by atoms with Gasteiger partial charge < -0.3 is 15.4 Å². The summed E-state index contributed by atoms with van der Waals surface area (Å²) in [6.07, 6.45) is -2.62. The van der Waals surface area contributed by atoms with E-state index in [4.69, 9.17) is 16.3 Å². The van der Waals surface area contributed by atoms with Crippen LogP contribution in [0.5, 0.6) is 5.75 Å². The van der Waals surface area contributed by atoms with Crippen LogP contribution in [-0.2, 0) is 17.5 Å². The lowest BCUT2D eigenvalue weighted by atomic mass is 10.1. The summed E-state index contributed by atoms with van der Waals surface area (Å²) < 4.78 is 46.8. The van der Waals surface area contributed by atoms with E-state index in [9.17, 15) is 22.8 Å². The van der Waals surface area contributed by atoms with Crippen LogP contribution in [0.15, 0.2) is 65.8 Å². The van der Waals surface area contributed by atoms with Crippen LogP contribution in [0.1, 0.15) is 52.6 Å². The Balaban J connectivity index is 1.49. The van der Waals surface area contributed by atoms with E-state index in [1.165, 1.54) is 0 Å². The van der Waals surface area contributed by atoms with E-state index >= 15 is 0 Å². The van der Waals surface area contributed by atoms with Crippen molar-refractivity contribution in [2.45, 2.75) is 51.5 Å². The normalized spacial score (nSPS) is 11.3. The van der Waals surface area contributed by atoms with Crippen molar-refractivity contribution in [3.05, 3.63) is 93.8 Å². The first-order valence-corrected chi connectivity index (χ1v) is 15.1. The Morgan fingerprint density at radius 1 is 1.02 bits per heavy atom. The third-order valence-corrected chi connectivity index (χ3v) is 7.75. The molecule has 0 radical (unpaired) electrons. The molecule has 4 aromatic rings. The molecule has 0 saturated heterocycles. The van der Waals surface area contributed by atoms with Crippen LogP contribution in [0.25, 0.3) is 5.69 Å². The molecule has 3 aromatic carbocycles. The number of ether oxygens (including phenoxy) is 1. The van der Waals surface area contributed by atoms with E-state index in [0.717, 1.165) is 59.6 Å². The topological polar surface area (TPSA) is 98.1 Å². The Morgan fingerprint density at radius 2 is 1.77 bits per heavy atom. The van der Waals surface area contributed by atoms with Gasteiger partial charge in [-0.05, 0) is 79.9 Å². The number of hydrogen-bond donors (Lipinski definition) is 2. The molecule has 0 fully saturated rings. The van der Waals surface area contributed by atoms with E-state index in [-0.39, 0.29) is 28.9 Å². The summed E-state index contributed by atoms with van der Waals surface area (Å²) in [5.74, 6) is 0.0335. The van der Waals surface area contributed by atoms with Crippen LogP contribution < -0.4 is 15.4 Å². The lowest BCUT2D eigenvalue weighted by Gasteiger charge is -2.15. The van der Waals surface area contributed by atoms with Gasteiger partial charge in [-0.1, -0.05) is 48.8 Å². The number of carbonyl (C=O) groups is 2. The standard InChI is InChI=1S/C31H31ClF3N5O3S/c1-4-5-14-43-23-11-8-21(9-12-23)29(42)36-17-27-38-39-30(40(27)26-15-19(2)6-7-20(26)3)44-18-28(41)37-25-16-22(31(33,34)35)10-13-24(25)32/h6-13,15-16H,4-5,14,17-18H2,1-3H3,(H,36,42)(H,37,41). The molecule has 0 aliphatic heterocycles. The lowest BCUT2D eigenvalue weighted by molar-refractivity contribution is -0.137. The number of aromatic nitrogens is 3. The molecule has 232 valence electrons. The van der Waals surface area contributed by atoms with Gasteiger partial charge in [0.05, 0.1) is 40.9 Å². The summed E-state index contributed by atoms with van der Waals surface area (Å²) >= 11 is 7.08. The number of halogens is 4. The molecule has 0 atom stereocenters. The van der Waals surface area contributed by atoms with Gasteiger partial charge in [0.25, 0.3) is 5.91 Å². The molecule has 0 spiro atoms. The van der Waals surface area contributed by atoms with Crippen LogP contribution in [0.3, 0.4) is 0 Å². The zero-order chi connectivity index (χ0) is 31.9. The van der Waals surface area contributed by atoms with E-state index < -0.39 is 17.6 Å². The van der Waals surface area contributed by atoms with Gasteiger partial charge in [0, 0.05) is 5.56 Å². The number of thioether (sulfide) groups is 1. The Bertz CT molecular complexity index is 1630. The molecular formula is C31H31ClF3N5O3S. The third-order valence-electron chi connectivity index (χ3n) is 6.50. The summed E-state index contributed by atoms with van der Waals surface area (Å²) in [6.45, 7) is 6.58. The molecule has 1 aromatic heterocycles. The quantitative estimate of drug-likeness (QED) is 0.123. The Labute approximate surface area is 262 Å². The molecule has 13 heteroatoms. The molecule has 0 saturated carbocycles. The highest BCUT2D eigenvalue weighted by atomic mass is 35.5. The fourth-order valence-electron chi connectivity index (χ4n) is 4.12. The van der Waals surface area contributed by atoms with Crippen LogP contribution in [0, 0.1) is 13.8 Å². The van der Waals surface area contributed by atoms with E-state index in [2.05, 4.69) is 27.8 Å². The van der Waals surface area contributed by atoms with Crippen LogP contribution >= 0.6 is 23.4 Å². The zero-order valence-electron chi connectivity index (χ0n) is 24.3. The van der Waals surface area contributed by atoms with Gasteiger partial charge in [-0.3, -0.25) is 14.2 Å². The van der Waals surface area contributed by atoms with Crippen molar-refractivity contribution in [3.63, 3.8) is 0 Å².